The summed E-state index contributed by atoms with van der Waals surface area (Å²) < 4.78 is 7.43. The zero-order valence-electron chi connectivity index (χ0n) is 17.5. The Kier molecular flexibility index (Phi) is 6.22. The molecule has 0 unspecified atom stereocenters. The molecule has 1 heterocycles. The molecule has 1 saturated heterocycles. The molecule has 1 aromatic rings. The zero-order valence-corrected chi connectivity index (χ0v) is 18.5. The Balaban J connectivity index is 2.19. The highest BCUT2D eigenvalue weighted by Gasteiger charge is 2.60. The third-order valence-corrected chi connectivity index (χ3v) is 11.6. The number of aliphatic hydroxyl groups is 1. The molecule has 0 radical (unpaired) electrons. The highest BCUT2D eigenvalue weighted by atomic mass is 28.3. The third kappa shape index (κ3) is 4.11. The van der Waals surface area contributed by atoms with Crippen molar-refractivity contribution in [3.63, 3.8) is 0 Å². The van der Waals surface area contributed by atoms with E-state index in [1.807, 2.05) is 34.9 Å². The molecule has 150 valence electrons. The van der Waals surface area contributed by atoms with Gasteiger partial charge >= 0.3 is 5.97 Å². The average molecular weight is 392 g/mol. The van der Waals surface area contributed by atoms with Crippen LogP contribution in [0.1, 0.15) is 40.2 Å². The summed E-state index contributed by atoms with van der Waals surface area (Å²) in [7, 11) is -2.17. The van der Waals surface area contributed by atoms with E-state index in [1.165, 1.54) is 0 Å². The van der Waals surface area contributed by atoms with Crippen molar-refractivity contribution in [2.24, 2.45) is 11.8 Å². The van der Waals surface area contributed by atoms with Gasteiger partial charge in [-0.25, -0.2) is 0 Å². The molecule has 0 spiro atoms. The molecule has 0 bridgehead atoms. The van der Waals surface area contributed by atoms with Crippen LogP contribution in [0.15, 0.2) is 30.3 Å². The van der Waals surface area contributed by atoms with Gasteiger partial charge in [0.05, 0.1) is 24.0 Å². The van der Waals surface area contributed by atoms with Crippen molar-refractivity contribution in [3.8, 4) is 0 Å². The molecule has 1 fully saturated rings. The number of rotatable bonds is 6. The smallest absolute Gasteiger partial charge is 0.311 e. The van der Waals surface area contributed by atoms with Gasteiger partial charge in [0.1, 0.15) is 6.61 Å². The van der Waals surface area contributed by atoms with E-state index < -0.39 is 26.2 Å². The van der Waals surface area contributed by atoms with Gasteiger partial charge in [0.2, 0.25) is 5.91 Å². The number of β-lactam (4-membered cyclic amide) rings is 1. The van der Waals surface area contributed by atoms with E-state index in [-0.39, 0.29) is 29.6 Å². The van der Waals surface area contributed by atoms with Crippen molar-refractivity contribution in [2.75, 3.05) is 0 Å². The first kappa shape index (κ1) is 21.6. The molecule has 2 rings (SSSR count). The molecule has 1 aromatic carbocycles. The summed E-state index contributed by atoms with van der Waals surface area (Å²) in [5.74, 6) is -1.39. The Labute approximate surface area is 163 Å². The summed E-state index contributed by atoms with van der Waals surface area (Å²) in [4.78, 5) is 25.6. The number of carbonyl (C=O) groups is 2. The van der Waals surface area contributed by atoms with Gasteiger partial charge in [-0.3, -0.25) is 9.59 Å². The molecule has 6 heteroatoms. The van der Waals surface area contributed by atoms with E-state index in [1.54, 1.807) is 13.8 Å². The van der Waals surface area contributed by atoms with Crippen molar-refractivity contribution >= 4 is 20.1 Å². The molecule has 0 saturated carbocycles. The lowest BCUT2D eigenvalue weighted by Crippen LogP contribution is -2.76. The maximum absolute atomic E-state index is 12.9. The number of esters is 1. The van der Waals surface area contributed by atoms with E-state index in [4.69, 9.17) is 4.74 Å². The fourth-order valence-corrected chi connectivity index (χ4v) is 6.12. The first-order chi connectivity index (χ1) is 12.4. The van der Waals surface area contributed by atoms with E-state index in [2.05, 4.69) is 33.9 Å². The average Bonchev–Trinajstić information content (AvgIpc) is 2.56. The van der Waals surface area contributed by atoms with E-state index in [0.29, 0.717) is 0 Å². The fourth-order valence-electron chi connectivity index (χ4n) is 3.57. The predicted molar refractivity (Wildman–Crippen MR) is 108 cm³/mol. The molecule has 5 nitrogen and oxygen atoms in total. The highest BCUT2D eigenvalue weighted by molar-refractivity contribution is 6.80. The van der Waals surface area contributed by atoms with Crippen LogP contribution >= 0.6 is 0 Å². The van der Waals surface area contributed by atoms with Gasteiger partial charge in [0.25, 0.3) is 0 Å². The van der Waals surface area contributed by atoms with Crippen molar-refractivity contribution in [1.29, 1.82) is 0 Å². The summed E-state index contributed by atoms with van der Waals surface area (Å²) in [5, 5.41) is 10.1. The van der Waals surface area contributed by atoms with Gasteiger partial charge in [-0.1, -0.05) is 64.2 Å². The zero-order chi connectivity index (χ0) is 20.6. The highest BCUT2D eigenvalue weighted by Crippen LogP contribution is 2.47. The Bertz CT molecular complexity index is 681. The normalized spacial score (nSPS) is 22.8. The van der Waals surface area contributed by atoms with E-state index in [0.717, 1.165) is 5.56 Å². The fraction of sp³-hybridized carbons (Fsp3) is 0.619. The largest absolute Gasteiger partial charge is 0.461 e. The number of hydrogen-bond acceptors (Lipinski definition) is 4. The molecule has 1 N–H and O–H groups in total. The Morgan fingerprint density at radius 2 is 1.78 bits per heavy atom. The van der Waals surface area contributed by atoms with Crippen molar-refractivity contribution < 1.29 is 19.4 Å². The van der Waals surface area contributed by atoms with Gasteiger partial charge < -0.3 is 14.4 Å². The van der Waals surface area contributed by atoms with E-state index in [9.17, 15) is 14.7 Å². The Morgan fingerprint density at radius 1 is 1.22 bits per heavy atom. The molecule has 0 aliphatic carbocycles. The molecule has 1 aliphatic rings. The second-order valence-corrected chi connectivity index (χ2v) is 14.3. The van der Waals surface area contributed by atoms with Crippen LogP contribution in [0.25, 0.3) is 0 Å². The molecule has 27 heavy (non-hydrogen) atoms. The number of ether oxygens (including phenoxy) is 1. The van der Waals surface area contributed by atoms with Gasteiger partial charge in [-0.2, -0.15) is 0 Å². The van der Waals surface area contributed by atoms with Crippen molar-refractivity contribution in [3.05, 3.63) is 35.9 Å². The minimum atomic E-state index is -2.17. The first-order valence-corrected chi connectivity index (χ1v) is 12.6. The van der Waals surface area contributed by atoms with Crippen LogP contribution in [0.4, 0.5) is 0 Å². The minimum absolute atomic E-state index is 0.0377. The lowest BCUT2D eigenvalue weighted by Gasteiger charge is -2.60. The summed E-state index contributed by atoms with van der Waals surface area (Å²) >= 11 is 0. The lowest BCUT2D eigenvalue weighted by atomic mass is 9.79. The van der Waals surface area contributed by atoms with Crippen molar-refractivity contribution in [2.45, 2.75) is 71.5 Å². The van der Waals surface area contributed by atoms with Gasteiger partial charge in [-0.15, -0.1) is 0 Å². The predicted octanol–water partition coefficient (Wildman–Crippen LogP) is 3.58. The minimum Gasteiger partial charge on any atom is -0.461 e. The van der Waals surface area contributed by atoms with Crippen LogP contribution < -0.4 is 0 Å². The second kappa shape index (κ2) is 7.76. The monoisotopic (exact) mass is 391 g/mol. The number of nitrogens with zero attached hydrogens (tertiary/aromatic N) is 1. The van der Waals surface area contributed by atoms with Crippen LogP contribution in [0.2, 0.25) is 18.1 Å². The maximum Gasteiger partial charge on any atom is 0.311 e. The second-order valence-electron chi connectivity index (χ2n) is 9.16. The summed E-state index contributed by atoms with van der Waals surface area (Å²) in [6.07, 6.45) is -0.784. The number of aliphatic hydroxyl groups excluding tert-OH is 1. The van der Waals surface area contributed by atoms with Gasteiger partial charge in [0.15, 0.2) is 8.24 Å². The topological polar surface area (TPSA) is 66.8 Å². The summed E-state index contributed by atoms with van der Waals surface area (Å²) in [5.41, 5.74) is 0.927. The van der Waals surface area contributed by atoms with Crippen LogP contribution in [-0.4, -0.2) is 41.9 Å². The van der Waals surface area contributed by atoms with Gasteiger partial charge in [-0.05, 0) is 24.4 Å². The van der Waals surface area contributed by atoms with Crippen LogP contribution in [0.3, 0.4) is 0 Å². The number of amides is 1. The van der Waals surface area contributed by atoms with Crippen LogP contribution in [0.5, 0.6) is 0 Å². The number of hydrogen-bond donors (Lipinski definition) is 1. The summed E-state index contributed by atoms with van der Waals surface area (Å²) in [6.45, 7) is 14.4. The SMILES string of the molecule is C[C@H](O)[C@H]1C(=O)N([Si](C)(C)C(C)(C)C)[C@@H]1[C@@H](C)C(=O)OCc1ccccc1. The van der Waals surface area contributed by atoms with Crippen LogP contribution in [-0.2, 0) is 20.9 Å². The molecule has 1 aliphatic heterocycles. The Morgan fingerprint density at radius 3 is 2.26 bits per heavy atom. The first-order valence-electron chi connectivity index (χ1n) is 9.61. The third-order valence-electron chi connectivity index (χ3n) is 6.25. The molecular weight excluding hydrogens is 358 g/mol. The van der Waals surface area contributed by atoms with Gasteiger partial charge in [0, 0.05) is 0 Å². The lowest BCUT2D eigenvalue weighted by molar-refractivity contribution is -0.167. The number of benzene rings is 1. The number of carbonyl (C=O) groups excluding carboxylic acids is 2. The molecule has 4 atom stereocenters. The molecule has 1 amide bonds. The van der Waals surface area contributed by atoms with Crippen molar-refractivity contribution in [1.82, 2.24) is 4.57 Å². The van der Waals surface area contributed by atoms with Crippen LogP contribution in [0, 0.1) is 11.8 Å². The standard InChI is InChI=1S/C21H33NO4Si/c1-14(20(25)26-13-16-11-9-8-10-12-16)18-17(15(2)23)19(24)22(18)27(6,7)21(3,4)5/h8-12,14-15,17-18,23H,13H2,1-7H3/t14-,15+,17-,18-/m1/s1. The molecular formula is C21H33NO4Si. The Hall–Kier alpha value is -1.66. The molecule has 0 aromatic heterocycles. The maximum atomic E-state index is 12.9. The quantitative estimate of drug-likeness (QED) is 0.457. The summed E-state index contributed by atoms with van der Waals surface area (Å²) in [6, 6.07) is 9.22. The van der Waals surface area contributed by atoms with E-state index >= 15 is 0 Å².